The Morgan fingerprint density at radius 1 is 0.976 bits per heavy atom. The maximum atomic E-state index is 13.7. The summed E-state index contributed by atoms with van der Waals surface area (Å²) >= 11 is 12.4. The Bertz CT molecular complexity index is 1630. The number of halogens is 2. The third-order valence-corrected chi connectivity index (χ3v) is 8.23. The fourth-order valence-corrected chi connectivity index (χ4v) is 5.57. The van der Waals surface area contributed by atoms with Gasteiger partial charge in [0.1, 0.15) is 6.54 Å². The largest absolute Gasteiger partial charge is 0.336 e. The Balaban J connectivity index is 1.40. The van der Waals surface area contributed by atoms with Crippen LogP contribution in [0.1, 0.15) is 31.4 Å². The molecule has 1 fully saturated rings. The smallest absolute Gasteiger partial charge is 0.269 e. The molecule has 4 aromatic rings. The number of rotatable bonds is 8. The molecular formula is C31H31Cl2N5O3. The molecule has 0 bridgehead atoms. The van der Waals surface area contributed by atoms with Crippen molar-refractivity contribution in [1.82, 2.24) is 19.4 Å². The SMILES string of the molecule is CC(=O)Nc1ccc(-c2ccc(C(CN3CCCC3)N(C)C(=O)Cn3c(=O)cnc4cc(Cl)c(Cl)cc43)cc2)cc1. The zero-order valence-corrected chi connectivity index (χ0v) is 24.5. The number of hydrogen-bond acceptors (Lipinski definition) is 5. The van der Waals surface area contributed by atoms with Crippen molar-refractivity contribution in [2.45, 2.75) is 32.4 Å². The van der Waals surface area contributed by atoms with Crippen LogP contribution >= 0.6 is 23.2 Å². The minimum Gasteiger partial charge on any atom is -0.336 e. The summed E-state index contributed by atoms with van der Waals surface area (Å²) in [4.78, 5) is 46.1. The molecule has 41 heavy (non-hydrogen) atoms. The van der Waals surface area contributed by atoms with Gasteiger partial charge in [-0.1, -0.05) is 59.6 Å². The van der Waals surface area contributed by atoms with E-state index in [0.717, 1.165) is 48.3 Å². The molecule has 8 nitrogen and oxygen atoms in total. The first kappa shape index (κ1) is 28.8. The minimum absolute atomic E-state index is 0.111. The number of aromatic nitrogens is 2. The predicted molar refractivity (Wildman–Crippen MR) is 163 cm³/mol. The van der Waals surface area contributed by atoms with Crippen LogP contribution in [0.3, 0.4) is 0 Å². The van der Waals surface area contributed by atoms with Gasteiger partial charge in [0.15, 0.2) is 0 Å². The fourth-order valence-electron chi connectivity index (χ4n) is 5.25. The molecule has 1 aliphatic heterocycles. The van der Waals surface area contributed by atoms with Crippen LogP contribution in [-0.2, 0) is 16.1 Å². The molecule has 0 radical (unpaired) electrons. The van der Waals surface area contributed by atoms with Gasteiger partial charge < -0.3 is 15.1 Å². The molecule has 1 aliphatic rings. The molecule has 5 rings (SSSR count). The van der Waals surface area contributed by atoms with Gasteiger partial charge in [0, 0.05) is 26.2 Å². The Morgan fingerprint density at radius 2 is 1.59 bits per heavy atom. The number of carbonyl (C=O) groups excluding carboxylic acids is 2. The van der Waals surface area contributed by atoms with E-state index in [1.54, 1.807) is 24.1 Å². The zero-order chi connectivity index (χ0) is 29.1. The molecule has 3 aromatic carbocycles. The summed E-state index contributed by atoms with van der Waals surface area (Å²) in [6.07, 6.45) is 3.47. The molecule has 0 aliphatic carbocycles. The molecule has 212 valence electrons. The van der Waals surface area contributed by atoms with Crippen molar-refractivity contribution in [3.05, 3.63) is 92.8 Å². The quantitative estimate of drug-likeness (QED) is 0.287. The fraction of sp³-hybridized carbons (Fsp3) is 0.290. The van der Waals surface area contributed by atoms with Crippen LogP contribution < -0.4 is 10.9 Å². The molecule has 1 saturated heterocycles. The standard InChI is InChI=1S/C31H31Cl2N5O3/c1-20(39)35-24-11-9-22(10-12-24)21-5-7-23(8-6-21)29(18-37-13-3-4-14-37)36(2)31(41)19-38-28-16-26(33)25(32)15-27(28)34-17-30(38)40/h5-12,15-17,29H,3-4,13-14,18-19H2,1-2H3,(H,35,39). The van der Waals surface area contributed by atoms with Gasteiger partial charge in [-0.2, -0.15) is 0 Å². The topological polar surface area (TPSA) is 87.5 Å². The van der Waals surface area contributed by atoms with Gasteiger partial charge in [0.2, 0.25) is 11.8 Å². The molecule has 0 saturated carbocycles. The van der Waals surface area contributed by atoms with Gasteiger partial charge in [-0.3, -0.25) is 19.0 Å². The molecule has 1 N–H and O–H groups in total. The summed E-state index contributed by atoms with van der Waals surface area (Å²) in [6, 6.07) is 18.8. The van der Waals surface area contributed by atoms with Crippen molar-refractivity contribution < 1.29 is 9.59 Å². The van der Waals surface area contributed by atoms with Gasteiger partial charge >= 0.3 is 0 Å². The third-order valence-electron chi connectivity index (χ3n) is 7.51. The Kier molecular flexibility index (Phi) is 8.73. The lowest BCUT2D eigenvalue weighted by Gasteiger charge is -2.32. The molecule has 0 spiro atoms. The normalized spacial score (nSPS) is 14.2. The van der Waals surface area contributed by atoms with Crippen LogP contribution in [0.15, 0.2) is 71.7 Å². The van der Waals surface area contributed by atoms with E-state index >= 15 is 0 Å². The molecular weight excluding hydrogens is 561 g/mol. The Labute approximate surface area is 248 Å². The number of fused-ring (bicyclic) bond motifs is 1. The molecule has 2 amide bonds. The second kappa shape index (κ2) is 12.4. The molecule has 1 unspecified atom stereocenters. The maximum Gasteiger partial charge on any atom is 0.269 e. The number of carbonyl (C=O) groups is 2. The molecule has 2 heterocycles. The van der Waals surface area contributed by atoms with Crippen LogP contribution in [-0.4, -0.2) is 57.8 Å². The second-order valence-electron chi connectivity index (χ2n) is 10.3. The first-order valence-corrected chi connectivity index (χ1v) is 14.3. The van der Waals surface area contributed by atoms with Crippen molar-refractivity contribution >= 4 is 51.7 Å². The maximum absolute atomic E-state index is 13.7. The summed E-state index contributed by atoms with van der Waals surface area (Å²) in [5, 5.41) is 3.40. The van der Waals surface area contributed by atoms with Gasteiger partial charge in [-0.05, 0) is 66.9 Å². The van der Waals surface area contributed by atoms with E-state index in [2.05, 4.69) is 27.3 Å². The average molecular weight is 593 g/mol. The second-order valence-corrected chi connectivity index (χ2v) is 11.2. The zero-order valence-electron chi connectivity index (χ0n) is 22.9. The monoisotopic (exact) mass is 591 g/mol. The van der Waals surface area contributed by atoms with E-state index in [9.17, 15) is 14.4 Å². The average Bonchev–Trinajstić information content (AvgIpc) is 3.48. The minimum atomic E-state index is -0.386. The van der Waals surface area contributed by atoms with E-state index in [-0.39, 0.29) is 35.0 Å². The van der Waals surface area contributed by atoms with Crippen LogP contribution in [0.5, 0.6) is 0 Å². The lowest BCUT2D eigenvalue weighted by atomic mass is 9.99. The lowest BCUT2D eigenvalue weighted by molar-refractivity contribution is -0.133. The molecule has 1 atom stereocenters. The van der Waals surface area contributed by atoms with Gasteiger partial charge in [0.05, 0.1) is 33.3 Å². The summed E-state index contributed by atoms with van der Waals surface area (Å²) in [5.74, 6) is -0.312. The highest BCUT2D eigenvalue weighted by molar-refractivity contribution is 6.42. The number of hydrogen-bond donors (Lipinski definition) is 1. The summed E-state index contributed by atoms with van der Waals surface area (Å²) in [7, 11) is 1.79. The summed E-state index contributed by atoms with van der Waals surface area (Å²) in [6.45, 7) is 4.01. The van der Waals surface area contributed by atoms with E-state index in [0.29, 0.717) is 22.6 Å². The van der Waals surface area contributed by atoms with Crippen molar-refractivity contribution in [2.24, 2.45) is 0 Å². The number of nitrogens with one attached hydrogen (secondary N) is 1. The van der Waals surface area contributed by atoms with Crippen LogP contribution in [0, 0.1) is 0 Å². The van der Waals surface area contributed by atoms with Crippen LogP contribution in [0.4, 0.5) is 5.69 Å². The van der Waals surface area contributed by atoms with Crippen molar-refractivity contribution in [3.8, 4) is 11.1 Å². The van der Waals surface area contributed by atoms with Crippen LogP contribution in [0.25, 0.3) is 22.2 Å². The first-order valence-electron chi connectivity index (χ1n) is 13.5. The van der Waals surface area contributed by atoms with Crippen molar-refractivity contribution in [2.75, 3.05) is 32.0 Å². The van der Waals surface area contributed by atoms with E-state index in [4.69, 9.17) is 23.2 Å². The van der Waals surface area contributed by atoms with Gasteiger partial charge in [-0.15, -0.1) is 0 Å². The van der Waals surface area contributed by atoms with Gasteiger partial charge in [0.25, 0.3) is 5.56 Å². The summed E-state index contributed by atoms with van der Waals surface area (Å²) in [5.41, 5.74) is 4.37. The highest BCUT2D eigenvalue weighted by atomic mass is 35.5. The molecule has 1 aromatic heterocycles. The number of nitrogens with zero attached hydrogens (tertiary/aromatic N) is 4. The van der Waals surface area contributed by atoms with Crippen molar-refractivity contribution in [1.29, 1.82) is 0 Å². The number of benzene rings is 3. The third kappa shape index (κ3) is 6.62. The Morgan fingerprint density at radius 3 is 2.22 bits per heavy atom. The predicted octanol–water partition coefficient (Wildman–Crippen LogP) is 5.62. The first-order chi connectivity index (χ1) is 19.7. The molecule has 10 heteroatoms. The number of anilines is 1. The van der Waals surface area contributed by atoms with E-state index < -0.39 is 0 Å². The highest BCUT2D eigenvalue weighted by Crippen LogP contribution is 2.29. The van der Waals surface area contributed by atoms with E-state index in [1.165, 1.54) is 17.7 Å². The van der Waals surface area contributed by atoms with E-state index in [1.807, 2.05) is 36.4 Å². The van der Waals surface area contributed by atoms with Gasteiger partial charge in [-0.25, -0.2) is 4.98 Å². The van der Waals surface area contributed by atoms with Crippen LogP contribution in [0.2, 0.25) is 10.0 Å². The number of likely N-dealkylation sites (N-methyl/N-ethyl adjacent to an activating group) is 1. The number of likely N-dealkylation sites (tertiary alicyclic amines) is 1. The van der Waals surface area contributed by atoms with Crippen molar-refractivity contribution in [3.63, 3.8) is 0 Å². The lowest BCUT2D eigenvalue weighted by Crippen LogP contribution is -2.41. The summed E-state index contributed by atoms with van der Waals surface area (Å²) < 4.78 is 1.39. The Hall–Kier alpha value is -3.72. The highest BCUT2D eigenvalue weighted by Gasteiger charge is 2.26. The number of amides is 2.